The van der Waals surface area contributed by atoms with Crippen molar-refractivity contribution in [1.29, 1.82) is 0 Å². The van der Waals surface area contributed by atoms with E-state index in [4.69, 9.17) is 14.2 Å². The number of aromatic nitrogens is 1. The molecule has 1 saturated carbocycles. The predicted molar refractivity (Wildman–Crippen MR) is 93.3 cm³/mol. The average molecular weight is 362 g/mol. The largest absolute Gasteiger partial charge is 0.466 e. The number of carbonyl (C=O) groups excluding carboxylic acids is 2. The Morgan fingerprint density at radius 1 is 1.38 bits per heavy atom. The number of nitrogens with zero attached hydrogens (tertiary/aromatic N) is 2. The van der Waals surface area contributed by atoms with Crippen LogP contribution in [-0.2, 0) is 19.0 Å². The third-order valence-corrected chi connectivity index (χ3v) is 4.65. The molecular weight excluding hydrogens is 336 g/mol. The van der Waals surface area contributed by atoms with Crippen molar-refractivity contribution in [3.8, 4) is 0 Å². The number of rotatable bonds is 7. The van der Waals surface area contributed by atoms with Gasteiger partial charge < -0.3 is 19.1 Å². The van der Waals surface area contributed by atoms with Crippen LogP contribution in [0.3, 0.4) is 0 Å². The maximum absolute atomic E-state index is 12.9. The maximum Gasteiger partial charge on any atom is 0.309 e. The van der Waals surface area contributed by atoms with E-state index >= 15 is 0 Å². The summed E-state index contributed by atoms with van der Waals surface area (Å²) in [6, 6.07) is 3.48. The monoisotopic (exact) mass is 362 g/mol. The van der Waals surface area contributed by atoms with E-state index in [1.807, 2.05) is 13.8 Å². The highest BCUT2D eigenvalue weighted by molar-refractivity contribution is 5.94. The van der Waals surface area contributed by atoms with E-state index in [0.29, 0.717) is 31.9 Å². The molecule has 0 bridgehead atoms. The number of ether oxygens (including phenoxy) is 3. The molecule has 2 aliphatic rings. The summed E-state index contributed by atoms with van der Waals surface area (Å²) in [5.74, 6) is -0.907. The Morgan fingerprint density at radius 3 is 2.81 bits per heavy atom. The van der Waals surface area contributed by atoms with E-state index in [2.05, 4.69) is 4.98 Å². The first-order valence-corrected chi connectivity index (χ1v) is 9.07. The lowest BCUT2D eigenvalue weighted by molar-refractivity contribution is -0.145. The summed E-state index contributed by atoms with van der Waals surface area (Å²) in [6.07, 6.45) is 3.75. The van der Waals surface area contributed by atoms with E-state index in [9.17, 15) is 9.59 Å². The lowest BCUT2D eigenvalue weighted by Crippen LogP contribution is -2.40. The molecule has 0 aromatic carbocycles. The van der Waals surface area contributed by atoms with Gasteiger partial charge in [-0.1, -0.05) is 0 Å². The Bertz CT molecular complexity index is 649. The minimum absolute atomic E-state index is 0.110. The Labute approximate surface area is 153 Å². The molecular formula is C19H26N2O5. The summed E-state index contributed by atoms with van der Waals surface area (Å²) < 4.78 is 16.5. The van der Waals surface area contributed by atoms with E-state index in [0.717, 1.165) is 6.42 Å². The van der Waals surface area contributed by atoms with Crippen LogP contribution < -0.4 is 0 Å². The van der Waals surface area contributed by atoms with Crippen LogP contribution in [0.2, 0.25) is 0 Å². The second kappa shape index (κ2) is 7.72. The van der Waals surface area contributed by atoms with Gasteiger partial charge in [-0.25, -0.2) is 0 Å². The SMILES string of the molecule is CCOC(=O)[C@H]1C[C@@H]1CN(C[C@@H]1COC(C)(C)O1)C(=O)c1cccnc1. The molecule has 7 nitrogen and oxygen atoms in total. The molecule has 1 aromatic rings. The zero-order chi connectivity index (χ0) is 18.7. The van der Waals surface area contributed by atoms with Gasteiger partial charge in [-0.05, 0) is 45.2 Å². The smallest absolute Gasteiger partial charge is 0.309 e. The third-order valence-electron chi connectivity index (χ3n) is 4.65. The molecule has 0 spiro atoms. The van der Waals surface area contributed by atoms with E-state index in [1.165, 1.54) is 0 Å². The van der Waals surface area contributed by atoms with Gasteiger partial charge in [-0.2, -0.15) is 0 Å². The number of hydrogen-bond donors (Lipinski definition) is 0. The number of esters is 1. The molecule has 0 N–H and O–H groups in total. The van der Waals surface area contributed by atoms with Crippen LogP contribution >= 0.6 is 0 Å². The number of carbonyl (C=O) groups is 2. The minimum atomic E-state index is -0.638. The summed E-state index contributed by atoms with van der Waals surface area (Å²) >= 11 is 0. The van der Waals surface area contributed by atoms with E-state index in [1.54, 1.807) is 36.4 Å². The fraction of sp³-hybridized carbons (Fsp3) is 0.632. The molecule has 3 atom stereocenters. The van der Waals surface area contributed by atoms with Gasteiger partial charge in [0.15, 0.2) is 5.79 Å². The summed E-state index contributed by atoms with van der Waals surface area (Å²) in [6.45, 7) is 7.25. The van der Waals surface area contributed by atoms with Crippen molar-refractivity contribution >= 4 is 11.9 Å². The van der Waals surface area contributed by atoms with Gasteiger partial charge >= 0.3 is 5.97 Å². The van der Waals surface area contributed by atoms with Crippen LogP contribution in [0.1, 0.15) is 37.6 Å². The Morgan fingerprint density at radius 2 is 2.19 bits per heavy atom. The first-order chi connectivity index (χ1) is 12.4. The van der Waals surface area contributed by atoms with Crippen LogP contribution in [0, 0.1) is 11.8 Å². The van der Waals surface area contributed by atoms with Crippen molar-refractivity contribution in [2.24, 2.45) is 11.8 Å². The quantitative estimate of drug-likeness (QED) is 0.689. The van der Waals surface area contributed by atoms with Gasteiger partial charge in [0.1, 0.15) is 6.10 Å². The van der Waals surface area contributed by atoms with Gasteiger partial charge in [0.25, 0.3) is 5.91 Å². The molecule has 3 rings (SSSR count). The average Bonchev–Trinajstić information content (AvgIpc) is 3.30. The summed E-state index contributed by atoms with van der Waals surface area (Å²) in [4.78, 5) is 30.6. The lowest BCUT2D eigenvalue weighted by atomic mass is 10.2. The van der Waals surface area contributed by atoms with Crippen LogP contribution in [0.25, 0.3) is 0 Å². The zero-order valence-corrected chi connectivity index (χ0v) is 15.5. The summed E-state index contributed by atoms with van der Waals surface area (Å²) in [5, 5.41) is 0. The van der Waals surface area contributed by atoms with Gasteiger partial charge in [-0.3, -0.25) is 14.6 Å². The minimum Gasteiger partial charge on any atom is -0.466 e. The first kappa shape index (κ1) is 18.8. The second-order valence-corrected chi connectivity index (χ2v) is 7.26. The second-order valence-electron chi connectivity index (χ2n) is 7.26. The van der Waals surface area contributed by atoms with Crippen molar-refractivity contribution in [1.82, 2.24) is 9.88 Å². The molecule has 1 aliphatic heterocycles. The standard InChI is InChI=1S/C19H26N2O5/c1-4-24-18(23)16-8-14(16)10-21(11-15-12-25-19(2,3)26-15)17(22)13-6-5-7-20-9-13/h5-7,9,14-16H,4,8,10-12H2,1-3H3/t14-,15-,16+/m1/s1. The fourth-order valence-electron chi connectivity index (χ4n) is 3.28. The van der Waals surface area contributed by atoms with Gasteiger partial charge in [-0.15, -0.1) is 0 Å². The molecule has 1 aliphatic carbocycles. The van der Waals surface area contributed by atoms with E-state index < -0.39 is 5.79 Å². The van der Waals surface area contributed by atoms with Crippen molar-refractivity contribution in [2.45, 2.75) is 39.1 Å². The van der Waals surface area contributed by atoms with Gasteiger partial charge in [0, 0.05) is 25.5 Å². The molecule has 0 unspecified atom stereocenters. The predicted octanol–water partition coefficient (Wildman–Crippen LogP) is 1.87. The molecule has 1 aromatic heterocycles. The molecule has 7 heteroatoms. The van der Waals surface area contributed by atoms with Crippen LogP contribution in [0.15, 0.2) is 24.5 Å². The third kappa shape index (κ3) is 4.59. The number of hydrogen-bond acceptors (Lipinski definition) is 6. The number of amides is 1. The maximum atomic E-state index is 12.9. The Hall–Kier alpha value is -1.99. The summed E-state index contributed by atoms with van der Waals surface area (Å²) in [7, 11) is 0. The number of pyridine rings is 1. The molecule has 2 fully saturated rings. The molecule has 1 amide bonds. The highest BCUT2D eigenvalue weighted by Crippen LogP contribution is 2.40. The molecule has 0 radical (unpaired) electrons. The van der Waals surface area contributed by atoms with Crippen LogP contribution in [0.4, 0.5) is 0 Å². The van der Waals surface area contributed by atoms with Crippen molar-refractivity contribution in [3.05, 3.63) is 30.1 Å². The van der Waals surface area contributed by atoms with Crippen molar-refractivity contribution < 1.29 is 23.8 Å². The van der Waals surface area contributed by atoms with Crippen LogP contribution in [-0.4, -0.2) is 60.0 Å². The van der Waals surface area contributed by atoms with Gasteiger partial charge in [0.05, 0.1) is 24.7 Å². The highest BCUT2D eigenvalue weighted by Gasteiger charge is 2.46. The normalized spacial score (nSPS) is 26.3. The molecule has 142 valence electrons. The zero-order valence-electron chi connectivity index (χ0n) is 15.5. The molecule has 1 saturated heterocycles. The lowest BCUT2D eigenvalue weighted by Gasteiger charge is -2.26. The Balaban J connectivity index is 1.66. The summed E-state index contributed by atoms with van der Waals surface area (Å²) in [5.41, 5.74) is 0.527. The molecule has 26 heavy (non-hydrogen) atoms. The van der Waals surface area contributed by atoms with Crippen LogP contribution in [0.5, 0.6) is 0 Å². The first-order valence-electron chi connectivity index (χ1n) is 9.07. The van der Waals surface area contributed by atoms with Crippen molar-refractivity contribution in [3.63, 3.8) is 0 Å². The topological polar surface area (TPSA) is 78.0 Å². The fourth-order valence-corrected chi connectivity index (χ4v) is 3.28. The van der Waals surface area contributed by atoms with E-state index in [-0.39, 0.29) is 29.8 Å². The Kier molecular flexibility index (Phi) is 5.58. The van der Waals surface area contributed by atoms with Crippen molar-refractivity contribution in [2.75, 3.05) is 26.3 Å². The highest BCUT2D eigenvalue weighted by atomic mass is 16.7. The molecule has 2 heterocycles. The van der Waals surface area contributed by atoms with Gasteiger partial charge in [0.2, 0.25) is 0 Å².